The number of hydrogen-bond acceptors (Lipinski definition) is 2. The van der Waals surface area contributed by atoms with E-state index in [9.17, 15) is 0 Å². The van der Waals surface area contributed by atoms with Gasteiger partial charge in [0.15, 0.2) is 0 Å². The maximum Gasteiger partial charge on any atom is 0.0409 e. The molecule has 0 amide bonds. The Morgan fingerprint density at radius 3 is 2.76 bits per heavy atom. The smallest absolute Gasteiger partial charge is 0.0409 e. The summed E-state index contributed by atoms with van der Waals surface area (Å²) in [6, 6.07) is 6.95. The summed E-state index contributed by atoms with van der Waals surface area (Å²) in [6.07, 6.45) is 7.47. The zero-order valence-electron chi connectivity index (χ0n) is 10.5. The minimum absolute atomic E-state index is 0.0379. The first kappa shape index (κ1) is 11.6. The van der Waals surface area contributed by atoms with Crippen LogP contribution in [0.1, 0.15) is 50.2 Å². The molecule has 1 saturated carbocycles. The first-order valence-electron chi connectivity index (χ1n) is 6.76. The number of thioether (sulfide) groups is 1. The van der Waals surface area contributed by atoms with Gasteiger partial charge in [0.25, 0.3) is 0 Å². The molecule has 1 aromatic rings. The fraction of sp³-hybridized carbons (Fsp3) is 0.600. The lowest BCUT2D eigenvalue weighted by atomic mass is 9.77. The summed E-state index contributed by atoms with van der Waals surface area (Å²) >= 11 is 2.00. The van der Waals surface area contributed by atoms with Crippen LogP contribution in [0.5, 0.6) is 0 Å². The van der Waals surface area contributed by atoms with Gasteiger partial charge in [-0.3, -0.25) is 0 Å². The highest BCUT2D eigenvalue weighted by molar-refractivity contribution is 8.00. The highest BCUT2D eigenvalue weighted by atomic mass is 32.2. The molecule has 1 fully saturated rings. The van der Waals surface area contributed by atoms with Crippen LogP contribution in [0.25, 0.3) is 0 Å². The van der Waals surface area contributed by atoms with Gasteiger partial charge in [0, 0.05) is 15.7 Å². The van der Waals surface area contributed by atoms with Crippen molar-refractivity contribution in [2.24, 2.45) is 5.73 Å². The Labute approximate surface area is 108 Å². The van der Waals surface area contributed by atoms with E-state index >= 15 is 0 Å². The average molecular weight is 247 g/mol. The maximum atomic E-state index is 6.60. The van der Waals surface area contributed by atoms with Crippen molar-refractivity contribution in [3.8, 4) is 0 Å². The molecule has 1 aliphatic heterocycles. The molecule has 0 saturated heterocycles. The summed E-state index contributed by atoms with van der Waals surface area (Å²) in [6.45, 7) is 2.31. The second-order valence-electron chi connectivity index (χ2n) is 5.67. The summed E-state index contributed by atoms with van der Waals surface area (Å²) in [5, 5.41) is 0.736. The third-order valence-electron chi connectivity index (χ3n) is 4.22. The van der Waals surface area contributed by atoms with Crippen molar-refractivity contribution in [3.63, 3.8) is 0 Å². The summed E-state index contributed by atoms with van der Waals surface area (Å²) in [4.78, 5) is 1.47. The van der Waals surface area contributed by atoms with Gasteiger partial charge in [-0.15, -0.1) is 11.8 Å². The molecule has 0 aromatic heterocycles. The fourth-order valence-corrected chi connectivity index (χ4v) is 4.34. The van der Waals surface area contributed by atoms with Crippen LogP contribution in [0.3, 0.4) is 0 Å². The molecule has 0 radical (unpaired) electrons. The van der Waals surface area contributed by atoms with Gasteiger partial charge in [-0.2, -0.15) is 0 Å². The topological polar surface area (TPSA) is 26.0 Å². The molecule has 1 unspecified atom stereocenters. The van der Waals surface area contributed by atoms with Gasteiger partial charge in [0.05, 0.1) is 0 Å². The van der Waals surface area contributed by atoms with Crippen molar-refractivity contribution in [2.75, 3.05) is 0 Å². The highest BCUT2D eigenvalue weighted by Gasteiger charge is 2.30. The number of hydrogen-bond donors (Lipinski definition) is 1. The van der Waals surface area contributed by atoms with Gasteiger partial charge >= 0.3 is 0 Å². The Kier molecular flexibility index (Phi) is 2.95. The molecule has 2 N–H and O–H groups in total. The maximum absolute atomic E-state index is 6.60. The standard InChI is InChI=1S/C15H21NS/c1-11-9-12-10-13(5-6-14(12)17-11)15(16)7-3-2-4-8-15/h5-6,10-11H,2-4,7-9,16H2,1H3. The summed E-state index contributed by atoms with van der Waals surface area (Å²) in [7, 11) is 0. The molecule has 92 valence electrons. The molecule has 0 bridgehead atoms. The zero-order valence-corrected chi connectivity index (χ0v) is 11.4. The number of benzene rings is 1. The number of fused-ring (bicyclic) bond motifs is 1. The molecular formula is C15H21NS. The molecule has 1 atom stereocenters. The van der Waals surface area contributed by atoms with E-state index in [0.29, 0.717) is 0 Å². The Bertz CT molecular complexity index is 421. The summed E-state index contributed by atoms with van der Waals surface area (Å²) < 4.78 is 0. The largest absolute Gasteiger partial charge is 0.321 e. The number of nitrogens with two attached hydrogens (primary N) is 1. The third kappa shape index (κ3) is 2.13. The molecule has 17 heavy (non-hydrogen) atoms. The quantitative estimate of drug-likeness (QED) is 0.816. The molecule has 3 rings (SSSR count). The van der Waals surface area contributed by atoms with E-state index < -0.39 is 0 Å². The first-order chi connectivity index (χ1) is 8.17. The molecular weight excluding hydrogens is 226 g/mol. The molecule has 1 aliphatic carbocycles. The van der Waals surface area contributed by atoms with E-state index in [2.05, 4.69) is 25.1 Å². The highest BCUT2D eigenvalue weighted by Crippen LogP contribution is 2.41. The summed E-state index contributed by atoms with van der Waals surface area (Å²) in [5.74, 6) is 0. The average Bonchev–Trinajstić information content (AvgIpc) is 2.69. The van der Waals surface area contributed by atoms with E-state index in [0.717, 1.165) is 18.1 Å². The predicted octanol–water partition coefficient (Wildman–Crippen LogP) is 3.84. The van der Waals surface area contributed by atoms with Crippen molar-refractivity contribution < 1.29 is 0 Å². The molecule has 2 aliphatic rings. The van der Waals surface area contributed by atoms with Crippen molar-refractivity contribution in [3.05, 3.63) is 29.3 Å². The second-order valence-corrected chi connectivity index (χ2v) is 7.15. The van der Waals surface area contributed by atoms with Gasteiger partial charge in [-0.1, -0.05) is 38.3 Å². The van der Waals surface area contributed by atoms with Gasteiger partial charge < -0.3 is 5.73 Å². The lowest BCUT2D eigenvalue weighted by Crippen LogP contribution is -2.38. The van der Waals surface area contributed by atoms with Crippen LogP contribution < -0.4 is 5.73 Å². The van der Waals surface area contributed by atoms with Crippen molar-refractivity contribution in [1.29, 1.82) is 0 Å². The SMILES string of the molecule is CC1Cc2cc(C3(N)CCCCC3)ccc2S1. The Hall–Kier alpha value is -0.470. The Balaban J connectivity index is 1.91. The van der Waals surface area contributed by atoms with Crippen LogP contribution in [0.4, 0.5) is 0 Å². The van der Waals surface area contributed by atoms with Crippen LogP contribution in [0.15, 0.2) is 23.1 Å². The minimum atomic E-state index is -0.0379. The van der Waals surface area contributed by atoms with Crippen LogP contribution >= 0.6 is 11.8 Å². The van der Waals surface area contributed by atoms with Crippen molar-refractivity contribution in [1.82, 2.24) is 0 Å². The van der Waals surface area contributed by atoms with Crippen molar-refractivity contribution in [2.45, 2.75) is 61.1 Å². The van der Waals surface area contributed by atoms with E-state index in [1.807, 2.05) is 11.8 Å². The molecule has 1 aromatic carbocycles. The van der Waals surface area contributed by atoms with Gasteiger partial charge in [0.1, 0.15) is 0 Å². The van der Waals surface area contributed by atoms with E-state index in [-0.39, 0.29) is 5.54 Å². The van der Waals surface area contributed by atoms with E-state index in [1.165, 1.54) is 41.7 Å². The predicted molar refractivity (Wildman–Crippen MR) is 74.4 cm³/mol. The Morgan fingerprint density at radius 1 is 1.24 bits per heavy atom. The van der Waals surface area contributed by atoms with E-state index in [4.69, 9.17) is 5.73 Å². The van der Waals surface area contributed by atoms with Crippen LogP contribution in [-0.4, -0.2) is 5.25 Å². The normalized spacial score (nSPS) is 26.8. The molecule has 0 spiro atoms. The van der Waals surface area contributed by atoms with Crippen LogP contribution in [0, 0.1) is 0 Å². The first-order valence-corrected chi connectivity index (χ1v) is 7.64. The van der Waals surface area contributed by atoms with Crippen molar-refractivity contribution >= 4 is 11.8 Å². The van der Waals surface area contributed by atoms with Gasteiger partial charge in [0.2, 0.25) is 0 Å². The fourth-order valence-electron chi connectivity index (χ4n) is 3.20. The van der Waals surface area contributed by atoms with Gasteiger partial charge in [-0.25, -0.2) is 0 Å². The van der Waals surface area contributed by atoms with Crippen LogP contribution in [0.2, 0.25) is 0 Å². The summed E-state index contributed by atoms with van der Waals surface area (Å²) in [5.41, 5.74) is 9.47. The molecule has 1 nitrogen and oxygen atoms in total. The molecule has 1 heterocycles. The minimum Gasteiger partial charge on any atom is -0.321 e. The second kappa shape index (κ2) is 4.33. The zero-order chi connectivity index (χ0) is 11.9. The monoisotopic (exact) mass is 247 g/mol. The van der Waals surface area contributed by atoms with E-state index in [1.54, 1.807) is 0 Å². The Morgan fingerprint density at radius 2 is 2.00 bits per heavy atom. The third-order valence-corrected chi connectivity index (χ3v) is 5.44. The van der Waals surface area contributed by atoms with Gasteiger partial charge in [-0.05, 0) is 36.5 Å². The lowest BCUT2D eigenvalue weighted by Gasteiger charge is -2.34. The number of rotatable bonds is 1. The van der Waals surface area contributed by atoms with Crippen LogP contribution in [-0.2, 0) is 12.0 Å². The lowest BCUT2D eigenvalue weighted by molar-refractivity contribution is 0.302. The molecule has 2 heteroatoms.